The molecule has 0 spiro atoms. The fourth-order valence-corrected chi connectivity index (χ4v) is 4.99. The van der Waals surface area contributed by atoms with Crippen LogP contribution >= 0.6 is 0 Å². The van der Waals surface area contributed by atoms with Crippen molar-refractivity contribution in [1.29, 1.82) is 0 Å². The van der Waals surface area contributed by atoms with Crippen molar-refractivity contribution in [3.05, 3.63) is 78.0 Å². The zero-order valence-electron chi connectivity index (χ0n) is 16.5. The highest BCUT2D eigenvalue weighted by molar-refractivity contribution is 7.93. The van der Waals surface area contributed by atoms with Gasteiger partial charge in [0.05, 0.1) is 25.3 Å². The van der Waals surface area contributed by atoms with E-state index in [-0.39, 0.29) is 10.7 Å². The third-order valence-electron chi connectivity index (χ3n) is 4.88. The number of carbonyl (C=O) groups is 1. The second kappa shape index (κ2) is 7.79. The Labute approximate surface area is 174 Å². The minimum atomic E-state index is -4.20. The molecule has 1 atom stereocenters. The number of nitrogens with zero attached hydrogens (tertiary/aromatic N) is 2. The molecule has 8 heteroatoms. The number of hydrogen-bond acceptors (Lipinski definition) is 6. The van der Waals surface area contributed by atoms with Gasteiger partial charge in [-0.25, -0.2) is 9.29 Å². The molecule has 0 saturated carbocycles. The van der Waals surface area contributed by atoms with Crippen molar-refractivity contribution >= 4 is 21.6 Å². The van der Waals surface area contributed by atoms with E-state index in [2.05, 4.69) is 4.98 Å². The summed E-state index contributed by atoms with van der Waals surface area (Å²) in [4.78, 5) is 17.5. The fraction of sp³-hybridized carbons (Fsp3) is 0.182. The maximum atomic E-state index is 13.6. The van der Waals surface area contributed by atoms with Crippen LogP contribution in [0.5, 0.6) is 11.5 Å². The highest BCUT2D eigenvalue weighted by atomic mass is 32.2. The van der Waals surface area contributed by atoms with E-state index in [9.17, 15) is 13.2 Å². The number of hydrogen-bond donors (Lipinski definition) is 0. The highest BCUT2D eigenvalue weighted by Crippen LogP contribution is 2.47. The Hall–Kier alpha value is -3.39. The van der Waals surface area contributed by atoms with Crippen molar-refractivity contribution in [1.82, 2.24) is 4.98 Å². The summed E-state index contributed by atoms with van der Waals surface area (Å²) in [6.07, 6.45) is 1.38. The van der Waals surface area contributed by atoms with Gasteiger partial charge in [0.2, 0.25) is 0 Å². The summed E-state index contributed by atoms with van der Waals surface area (Å²) in [6, 6.07) is 16.6. The van der Waals surface area contributed by atoms with Crippen molar-refractivity contribution in [3.63, 3.8) is 0 Å². The van der Waals surface area contributed by atoms with Gasteiger partial charge in [0.25, 0.3) is 15.9 Å². The molecule has 3 aromatic rings. The van der Waals surface area contributed by atoms with Gasteiger partial charge in [0.1, 0.15) is 11.5 Å². The third-order valence-corrected chi connectivity index (χ3v) is 6.51. The molecular weight excluding hydrogens is 404 g/mol. The molecule has 1 unspecified atom stereocenters. The number of rotatable bonds is 6. The van der Waals surface area contributed by atoms with Crippen LogP contribution in [0.15, 0.2) is 71.9 Å². The molecule has 30 heavy (non-hydrogen) atoms. The standard InChI is InChI=1S/C22H20N2O5S/c1-3-29-19-9-5-4-8-16(19)21-17-14-15(28-2)11-12-18(17)24(22(21)25)30(26,27)20-10-6-7-13-23-20/h4-14,21H,3H2,1-2H3. The normalized spacial score (nSPS) is 15.7. The van der Waals surface area contributed by atoms with Crippen LogP contribution in [0.1, 0.15) is 24.0 Å². The lowest BCUT2D eigenvalue weighted by Crippen LogP contribution is -2.35. The molecule has 154 valence electrons. The number of pyridine rings is 1. The SMILES string of the molecule is CCOc1ccccc1C1C(=O)N(S(=O)(=O)c2ccccn2)c2ccc(OC)cc21. The zero-order valence-corrected chi connectivity index (χ0v) is 17.3. The van der Waals surface area contributed by atoms with Crippen LogP contribution in [0, 0.1) is 0 Å². The van der Waals surface area contributed by atoms with Gasteiger partial charge in [0, 0.05) is 11.8 Å². The smallest absolute Gasteiger partial charge is 0.288 e. The molecule has 0 N–H and O–H groups in total. The number of para-hydroxylation sites is 1. The number of carbonyl (C=O) groups excluding carboxylic acids is 1. The van der Waals surface area contributed by atoms with E-state index in [1.54, 1.807) is 48.5 Å². The van der Waals surface area contributed by atoms with Gasteiger partial charge in [-0.2, -0.15) is 8.42 Å². The van der Waals surface area contributed by atoms with Crippen LogP contribution in [0.25, 0.3) is 0 Å². The van der Waals surface area contributed by atoms with Crippen LogP contribution in [-0.2, 0) is 14.8 Å². The lowest BCUT2D eigenvalue weighted by molar-refractivity contribution is -0.117. The van der Waals surface area contributed by atoms with E-state index in [0.29, 0.717) is 29.2 Å². The fourth-order valence-electron chi connectivity index (χ4n) is 3.59. The monoisotopic (exact) mass is 424 g/mol. The number of anilines is 1. The molecule has 0 aliphatic carbocycles. The molecule has 1 aliphatic heterocycles. The molecule has 2 aromatic carbocycles. The molecule has 1 aromatic heterocycles. The first-order valence-corrected chi connectivity index (χ1v) is 10.8. The molecule has 2 heterocycles. The molecule has 0 fully saturated rings. The predicted octanol–water partition coefficient (Wildman–Crippen LogP) is 3.36. The molecule has 0 bridgehead atoms. The first-order chi connectivity index (χ1) is 14.5. The van der Waals surface area contributed by atoms with Gasteiger partial charge in [-0.15, -0.1) is 0 Å². The first kappa shape index (κ1) is 19.9. The lowest BCUT2D eigenvalue weighted by Gasteiger charge is -2.18. The van der Waals surface area contributed by atoms with E-state index in [4.69, 9.17) is 9.47 Å². The van der Waals surface area contributed by atoms with Crippen molar-refractivity contribution in [2.75, 3.05) is 18.0 Å². The van der Waals surface area contributed by atoms with E-state index in [1.807, 2.05) is 13.0 Å². The van der Waals surface area contributed by atoms with Crippen molar-refractivity contribution in [2.24, 2.45) is 0 Å². The third kappa shape index (κ3) is 3.19. The largest absolute Gasteiger partial charge is 0.497 e. The Kier molecular flexibility index (Phi) is 5.17. The number of benzene rings is 2. The van der Waals surface area contributed by atoms with Crippen molar-refractivity contribution < 1.29 is 22.7 Å². The average molecular weight is 424 g/mol. The number of fused-ring (bicyclic) bond motifs is 1. The molecule has 1 amide bonds. The van der Waals surface area contributed by atoms with Gasteiger partial charge in [-0.3, -0.25) is 4.79 Å². The Morgan fingerprint density at radius 2 is 1.80 bits per heavy atom. The average Bonchev–Trinajstić information content (AvgIpc) is 3.06. The summed E-state index contributed by atoms with van der Waals surface area (Å²) in [5.74, 6) is -0.380. The molecule has 7 nitrogen and oxygen atoms in total. The lowest BCUT2D eigenvalue weighted by atomic mass is 9.91. The molecule has 0 saturated heterocycles. The number of amides is 1. The Morgan fingerprint density at radius 1 is 1.03 bits per heavy atom. The predicted molar refractivity (Wildman–Crippen MR) is 111 cm³/mol. The van der Waals surface area contributed by atoms with Crippen LogP contribution < -0.4 is 13.8 Å². The number of aromatic nitrogens is 1. The molecule has 1 aliphatic rings. The van der Waals surface area contributed by atoms with Gasteiger partial charge in [-0.05, 0) is 48.9 Å². The first-order valence-electron chi connectivity index (χ1n) is 9.39. The summed E-state index contributed by atoms with van der Waals surface area (Å²) >= 11 is 0. The maximum absolute atomic E-state index is 13.6. The number of ether oxygens (including phenoxy) is 2. The van der Waals surface area contributed by atoms with E-state index >= 15 is 0 Å². The van der Waals surface area contributed by atoms with Gasteiger partial charge in [-0.1, -0.05) is 24.3 Å². The van der Waals surface area contributed by atoms with Crippen molar-refractivity contribution in [3.8, 4) is 11.5 Å². The second-order valence-corrected chi connectivity index (χ2v) is 8.34. The topological polar surface area (TPSA) is 85.8 Å². The molecule has 0 radical (unpaired) electrons. The summed E-state index contributed by atoms with van der Waals surface area (Å²) < 4.78 is 38.5. The van der Waals surface area contributed by atoms with Crippen LogP contribution in [0.2, 0.25) is 0 Å². The Balaban J connectivity index is 1.92. The van der Waals surface area contributed by atoms with Crippen molar-refractivity contribution in [2.45, 2.75) is 17.9 Å². The van der Waals surface area contributed by atoms with Crippen LogP contribution in [0.4, 0.5) is 5.69 Å². The minimum Gasteiger partial charge on any atom is -0.497 e. The Morgan fingerprint density at radius 3 is 2.50 bits per heavy atom. The summed E-state index contributed by atoms with van der Waals surface area (Å²) in [7, 11) is -2.68. The molecular formula is C22H20N2O5S. The van der Waals surface area contributed by atoms with Gasteiger partial charge in [0.15, 0.2) is 5.03 Å². The van der Waals surface area contributed by atoms with E-state index < -0.39 is 21.8 Å². The summed E-state index contributed by atoms with van der Waals surface area (Å²) in [6.45, 7) is 2.26. The maximum Gasteiger partial charge on any atom is 0.288 e. The van der Waals surface area contributed by atoms with Gasteiger partial charge < -0.3 is 9.47 Å². The summed E-state index contributed by atoms with van der Waals surface area (Å²) in [5, 5.41) is -0.195. The second-order valence-electron chi connectivity index (χ2n) is 6.60. The zero-order chi connectivity index (χ0) is 21.3. The minimum absolute atomic E-state index is 0.195. The van der Waals surface area contributed by atoms with E-state index in [1.165, 1.54) is 19.4 Å². The molecule has 4 rings (SSSR count). The van der Waals surface area contributed by atoms with Crippen LogP contribution in [-0.4, -0.2) is 33.0 Å². The quantitative estimate of drug-likeness (QED) is 0.603. The highest BCUT2D eigenvalue weighted by Gasteiger charge is 2.46. The number of sulfonamides is 1. The Bertz CT molecular complexity index is 1200. The summed E-state index contributed by atoms with van der Waals surface area (Å²) in [5.41, 5.74) is 1.41. The van der Waals surface area contributed by atoms with E-state index in [0.717, 1.165) is 4.31 Å². The van der Waals surface area contributed by atoms with Gasteiger partial charge >= 0.3 is 0 Å². The number of methoxy groups -OCH3 is 1. The van der Waals surface area contributed by atoms with Crippen LogP contribution in [0.3, 0.4) is 0 Å².